The largest absolute Gasteiger partial charge is 0.497 e. The number of amides is 1. The highest BCUT2D eigenvalue weighted by Gasteiger charge is 2.09. The van der Waals surface area contributed by atoms with Gasteiger partial charge in [0.25, 0.3) is 5.91 Å². The van der Waals surface area contributed by atoms with Crippen molar-refractivity contribution >= 4 is 27.9 Å². The second kappa shape index (κ2) is 7.37. The van der Waals surface area contributed by atoms with Crippen molar-refractivity contribution in [3.63, 3.8) is 0 Å². The van der Waals surface area contributed by atoms with Crippen molar-refractivity contribution < 1.29 is 11.0 Å². The molecule has 0 aliphatic carbocycles. The van der Waals surface area contributed by atoms with Crippen molar-refractivity contribution in [3.05, 3.63) is 59.9 Å². The van der Waals surface area contributed by atoms with Gasteiger partial charge in [-0.1, -0.05) is 6.07 Å². The Balaban J connectivity index is 0.00000264. The molecule has 0 bridgehead atoms. The molecule has 0 saturated carbocycles. The molecule has 0 spiro atoms. The molecule has 0 aliphatic rings. The summed E-state index contributed by atoms with van der Waals surface area (Å²) in [7, 11) is 1.52. The van der Waals surface area contributed by atoms with Gasteiger partial charge in [0.05, 0.1) is 7.11 Å². The van der Waals surface area contributed by atoms with Crippen LogP contribution >= 0.6 is 11.8 Å². The number of rotatable bonds is 3. The average Bonchev–Trinajstić information content (AvgIpc) is 2.55. The molecule has 7 heteroatoms. The van der Waals surface area contributed by atoms with Gasteiger partial charge in [-0.2, -0.15) is 4.99 Å². The number of benzene rings is 1. The third-order valence-corrected chi connectivity index (χ3v) is 3.42. The van der Waals surface area contributed by atoms with Gasteiger partial charge in [-0.15, -0.1) is 0 Å². The predicted octanol–water partition coefficient (Wildman–Crippen LogP) is 2.55. The van der Waals surface area contributed by atoms with E-state index in [0.29, 0.717) is 16.9 Å². The summed E-state index contributed by atoms with van der Waals surface area (Å²) in [5.74, 6) is 0.0863. The molecular weight excluding hydrogens is 300 g/mol. The van der Waals surface area contributed by atoms with Crippen molar-refractivity contribution in [1.29, 1.82) is 5.41 Å². The second-order valence-corrected chi connectivity index (χ2v) is 5.18. The predicted molar refractivity (Wildman–Crippen MR) is 89.7 cm³/mol. The van der Waals surface area contributed by atoms with Gasteiger partial charge in [0.15, 0.2) is 5.17 Å². The lowest BCUT2D eigenvalue weighted by Gasteiger charge is -2.03. The number of hydrogen-bond acceptors (Lipinski definition) is 5. The fourth-order valence-corrected chi connectivity index (χ4v) is 2.20. The van der Waals surface area contributed by atoms with Crippen LogP contribution in [0.25, 0.3) is 0 Å². The van der Waals surface area contributed by atoms with Crippen LogP contribution in [0.4, 0.5) is 0 Å². The number of nitrogens with zero attached hydrogens (tertiary/aromatic N) is 2. The van der Waals surface area contributed by atoms with Crippen molar-refractivity contribution in [3.8, 4) is 5.75 Å². The molecule has 0 aliphatic heterocycles. The van der Waals surface area contributed by atoms with E-state index in [1.807, 2.05) is 0 Å². The Morgan fingerprint density at radius 2 is 2.05 bits per heavy atom. The highest BCUT2D eigenvalue weighted by molar-refractivity contribution is 8.26. The van der Waals surface area contributed by atoms with Crippen molar-refractivity contribution in [2.45, 2.75) is 0 Å². The van der Waals surface area contributed by atoms with Crippen LogP contribution in [0.15, 0.2) is 53.8 Å². The van der Waals surface area contributed by atoms with E-state index in [9.17, 15) is 4.79 Å². The number of carbonyl (C=O) groups excluding carboxylic acids is 1. The molecule has 0 atom stereocenters. The SMILES string of the molecule is COc1cccc(C(=O)N=C(N)SC(=N)c2ccncc2)c1.[HH]. The summed E-state index contributed by atoms with van der Waals surface area (Å²) < 4.78 is 5.06. The van der Waals surface area contributed by atoms with E-state index < -0.39 is 5.91 Å². The number of ether oxygens (including phenoxy) is 1. The quantitative estimate of drug-likeness (QED) is 0.669. The lowest BCUT2D eigenvalue weighted by molar-refractivity contribution is 0.100. The fraction of sp³-hybridized carbons (Fsp3) is 0.0667. The number of amidine groups is 1. The summed E-state index contributed by atoms with van der Waals surface area (Å²) in [4.78, 5) is 19.7. The number of nitrogens with one attached hydrogen (secondary N) is 1. The molecule has 0 fully saturated rings. The standard InChI is InChI=1S/C15H14N4O2S.H2/c1-21-12-4-2-3-11(9-12)14(20)19-15(17)22-13(16)10-5-7-18-8-6-10;/h2-9,16H,1H3,(H2,17,19,20);1H. The summed E-state index contributed by atoms with van der Waals surface area (Å²) >= 11 is 0.917. The monoisotopic (exact) mass is 316 g/mol. The highest BCUT2D eigenvalue weighted by Crippen LogP contribution is 2.15. The number of thioether (sulfide) groups is 1. The highest BCUT2D eigenvalue weighted by atomic mass is 32.2. The Morgan fingerprint density at radius 3 is 2.73 bits per heavy atom. The number of hydrogen-bond donors (Lipinski definition) is 2. The molecule has 2 rings (SSSR count). The molecular formula is C15H16N4O2S. The van der Waals surface area contributed by atoms with Gasteiger partial charge in [-0.25, -0.2) is 0 Å². The second-order valence-electron chi connectivity index (χ2n) is 4.15. The molecule has 1 heterocycles. The van der Waals surface area contributed by atoms with E-state index >= 15 is 0 Å². The Hall–Kier alpha value is -2.67. The van der Waals surface area contributed by atoms with Gasteiger partial charge < -0.3 is 10.5 Å². The lowest BCUT2D eigenvalue weighted by atomic mass is 10.2. The van der Waals surface area contributed by atoms with Crippen LogP contribution in [0, 0.1) is 5.41 Å². The maximum Gasteiger partial charge on any atom is 0.279 e. The smallest absolute Gasteiger partial charge is 0.279 e. The van der Waals surface area contributed by atoms with Crippen LogP contribution in [-0.4, -0.2) is 28.2 Å². The van der Waals surface area contributed by atoms with E-state index in [0.717, 1.165) is 11.8 Å². The zero-order valence-corrected chi connectivity index (χ0v) is 12.6. The van der Waals surface area contributed by atoms with E-state index in [4.69, 9.17) is 15.9 Å². The van der Waals surface area contributed by atoms with Gasteiger partial charge in [-0.3, -0.25) is 15.2 Å². The third-order valence-electron chi connectivity index (χ3n) is 2.68. The van der Waals surface area contributed by atoms with Crippen LogP contribution in [-0.2, 0) is 0 Å². The molecule has 2 aromatic rings. The Morgan fingerprint density at radius 1 is 1.32 bits per heavy atom. The van der Waals surface area contributed by atoms with Crippen LogP contribution in [0.2, 0.25) is 0 Å². The Bertz CT molecular complexity index is 722. The maximum atomic E-state index is 12.0. The number of methoxy groups -OCH3 is 1. The van der Waals surface area contributed by atoms with Crippen molar-refractivity contribution in [1.82, 2.24) is 4.98 Å². The number of carbonyl (C=O) groups is 1. The first-order valence-electron chi connectivity index (χ1n) is 6.29. The summed E-state index contributed by atoms with van der Waals surface area (Å²) in [6, 6.07) is 10.0. The van der Waals surface area contributed by atoms with E-state index in [1.165, 1.54) is 7.11 Å². The van der Waals surface area contributed by atoms with Gasteiger partial charge in [0.1, 0.15) is 10.8 Å². The van der Waals surface area contributed by atoms with Crippen molar-refractivity contribution in [2.24, 2.45) is 10.7 Å². The first-order valence-corrected chi connectivity index (χ1v) is 7.11. The number of nitrogens with two attached hydrogens (primary N) is 1. The molecule has 1 amide bonds. The van der Waals surface area contributed by atoms with Crippen LogP contribution < -0.4 is 10.5 Å². The average molecular weight is 316 g/mol. The summed E-state index contributed by atoms with van der Waals surface area (Å²) in [6.45, 7) is 0. The fourth-order valence-electron chi connectivity index (χ4n) is 1.61. The lowest BCUT2D eigenvalue weighted by Crippen LogP contribution is -2.13. The minimum atomic E-state index is -0.480. The van der Waals surface area contributed by atoms with Gasteiger partial charge in [0.2, 0.25) is 0 Å². The Kier molecular flexibility index (Phi) is 5.26. The molecule has 0 radical (unpaired) electrons. The molecule has 22 heavy (non-hydrogen) atoms. The molecule has 0 saturated heterocycles. The topological polar surface area (TPSA) is 101 Å². The van der Waals surface area contributed by atoms with Crippen LogP contribution in [0.3, 0.4) is 0 Å². The number of pyridine rings is 1. The molecule has 3 N–H and O–H groups in total. The zero-order chi connectivity index (χ0) is 15.9. The summed E-state index contributed by atoms with van der Waals surface area (Å²) in [5, 5.41) is 8.12. The van der Waals surface area contributed by atoms with Gasteiger partial charge >= 0.3 is 0 Å². The van der Waals surface area contributed by atoms with Gasteiger partial charge in [-0.05, 0) is 42.1 Å². The molecule has 0 unspecified atom stereocenters. The van der Waals surface area contributed by atoms with Crippen molar-refractivity contribution in [2.75, 3.05) is 7.11 Å². The van der Waals surface area contributed by atoms with E-state index in [2.05, 4.69) is 9.98 Å². The third kappa shape index (κ3) is 4.16. The summed E-state index contributed by atoms with van der Waals surface area (Å²) in [5.41, 5.74) is 6.76. The van der Waals surface area contributed by atoms with E-state index in [-0.39, 0.29) is 11.6 Å². The normalized spacial score (nSPS) is 11.0. The molecule has 1 aromatic carbocycles. The zero-order valence-electron chi connectivity index (χ0n) is 11.8. The maximum absolute atomic E-state index is 12.0. The van der Waals surface area contributed by atoms with Gasteiger partial charge in [0, 0.05) is 24.9 Å². The molecule has 1 aromatic heterocycles. The Labute approximate surface area is 133 Å². The van der Waals surface area contributed by atoms with E-state index in [1.54, 1.807) is 48.8 Å². The summed E-state index contributed by atoms with van der Waals surface area (Å²) in [6.07, 6.45) is 3.17. The minimum Gasteiger partial charge on any atom is -0.497 e. The number of aromatic nitrogens is 1. The molecule has 6 nitrogen and oxygen atoms in total. The first-order chi connectivity index (χ1) is 10.6. The first kappa shape index (κ1) is 15.7. The van der Waals surface area contributed by atoms with Crippen LogP contribution in [0.1, 0.15) is 17.3 Å². The molecule has 114 valence electrons. The van der Waals surface area contributed by atoms with Crippen LogP contribution in [0.5, 0.6) is 5.75 Å². The number of aliphatic imine (C=N–C) groups is 1. The minimum absolute atomic E-state index is 0.